The SMILES string of the molecule is O=C(N[C@H]1CC[C@H](c2n[nH]c(=O)c3ccccc32)CC1)c1cc2cccnc2[nH]1. The molecule has 5 rings (SSSR count). The van der Waals surface area contributed by atoms with Gasteiger partial charge in [0, 0.05) is 28.9 Å². The fourth-order valence-electron chi connectivity index (χ4n) is 4.30. The molecule has 4 aromatic rings. The second kappa shape index (κ2) is 7.16. The van der Waals surface area contributed by atoms with E-state index in [1.165, 1.54) is 0 Å². The zero-order valence-corrected chi connectivity index (χ0v) is 15.8. The molecule has 3 heterocycles. The first kappa shape index (κ1) is 17.6. The Bertz CT molecular complexity index is 1220. The van der Waals surface area contributed by atoms with Crippen LogP contribution in [0.2, 0.25) is 0 Å². The first-order chi connectivity index (χ1) is 14.2. The third-order valence-corrected chi connectivity index (χ3v) is 5.81. The minimum absolute atomic E-state index is 0.0981. The molecule has 7 nitrogen and oxygen atoms in total. The zero-order valence-electron chi connectivity index (χ0n) is 15.8. The monoisotopic (exact) mass is 387 g/mol. The molecule has 1 saturated carbocycles. The van der Waals surface area contributed by atoms with E-state index in [9.17, 15) is 9.59 Å². The number of hydrogen-bond donors (Lipinski definition) is 3. The third kappa shape index (κ3) is 3.29. The number of amides is 1. The van der Waals surface area contributed by atoms with Crippen LogP contribution in [0.15, 0.2) is 53.5 Å². The standard InChI is InChI=1S/C22H21N5O2/c28-21-17-6-2-1-5-16(17)19(26-27-21)13-7-9-15(10-8-13)24-22(29)18-12-14-4-3-11-23-20(14)25-18/h1-6,11-13,15H,7-10H2,(H,23,25)(H,24,29)(H,27,28)/t13-,15-. The van der Waals surface area contributed by atoms with Gasteiger partial charge in [-0.25, -0.2) is 10.1 Å². The van der Waals surface area contributed by atoms with Crippen LogP contribution < -0.4 is 10.9 Å². The van der Waals surface area contributed by atoms with Crippen molar-refractivity contribution in [3.8, 4) is 0 Å². The van der Waals surface area contributed by atoms with Gasteiger partial charge in [-0.1, -0.05) is 18.2 Å². The van der Waals surface area contributed by atoms with Crippen LogP contribution in [-0.4, -0.2) is 32.1 Å². The fourth-order valence-corrected chi connectivity index (χ4v) is 4.30. The topological polar surface area (TPSA) is 104 Å². The van der Waals surface area contributed by atoms with Gasteiger partial charge in [0.25, 0.3) is 11.5 Å². The molecule has 1 aromatic carbocycles. The molecule has 1 aliphatic rings. The van der Waals surface area contributed by atoms with Crippen LogP contribution in [0.1, 0.15) is 47.8 Å². The van der Waals surface area contributed by atoms with Crippen LogP contribution in [-0.2, 0) is 0 Å². The Labute approximate surface area is 166 Å². The summed E-state index contributed by atoms with van der Waals surface area (Å²) in [5.41, 5.74) is 2.05. The summed E-state index contributed by atoms with van der Waals surface area (Å²) in [6.07, 6.45) is 5.30. The molecule has 3 N–H and O–H groups in total. The molecular weight excluding hydrogens is 366 g/mol. The highest BCUT2D eigenvalue weighted by Gasteiger charge is 2.26. The molecular formula is C22H21N5O2. The minimum atomic E-state index is -0.155. The van der Waals surface area contributed by atoms with E-state index in [2.05, 4.69) is 25.5 Å². The molecule has 0 atom stereocenters. The number of benzene rings is 1. The van der Waals surface area contributed by atoms with E-state index in [0.717, 1.165) is 47.8 Å². The van der Waals surface area contributed by atoms with Gasteiger partial charge in [0.2, 0.25) is 0 Å². The van der Waals surface area contributed by atoms with Crippen LogP contribution in [0.5, 0.6) is 0 Å². The van der Waals surface area contributed by atoms with Gasteiger partial charge in [0.1, 0.15) is 11.3 Å². The van der Waals surface area contributed by atoms with E-state index in [-0.39, 0.29) is 23.4 Å². The van der Waals surface area contributed by atoms with E-state index in [4.69, 9.17) is 0 Å². The zero-order chi connectivity index (χ0) is 19.8. The van der Waals surface area contributed by atoms with Crippen molar-refractivity contribution >= 4 is 27.7 Å². The van der Waals surface area contributed by atoms with Crippen molar-refractivity contribution < 1.29 is 4.79 Å². The molecule has 0 unspecified atom stereocenters. The molecule has 1 amide bonds. The summed E-state index contributed by atoms with van der Waals surface area (Å²) in [5, 5.41) is 12.7. The number of rotatable bonds is 3. The molecule has 1 aliphatic carbocycles. The smallest absolute Gasteiger partial charge is 0.272 e. The van der Waals surface area contributed by atoms with E-state index in [0.29, 0.717) is 11.1 Å². The van der Waals surface area contributed by atoms with Gasteiger partial charge in [-0.2, -0.15) is 5.10 Å². The van der Waals surface area contributed by atoms with E-state index >= 15 is 0 Å². The van der Waals surface area contributed by atoms with Gasteiger partial charge in [0.15, 0.2) is 0 Å². The number of aromatic amines is 2. The summed E-state index contributed by atoms with van der Waals surface area (Å²) in [6, 6.07) is 13.4. The first-order valence-corrected chi connectivity index (χ1v) is 9.91. The van der Waals surface area contributed by atoms with Crippen molar-refractivity contribution in [3.63, 3.8) is 0 Å². The Morgan fingerprint density at radius 2 is 1.83 bits per heavy atom. The van der Waals surface area contributed by atoms with Gasteiger partial charge in [0.05, 0.1) is 11.1 Å². The normalized spacial score (nSPS) is 19.4. The number of H-pyrrole nitrogens is 2. The quantitative estimate of drug-likeness (QED) is 0.502. The molecule has 0 bridgehead atoms. The van der Waals surface area contributed by atoms with Crippen molar-refractivity contribution in [1.29, 1.82) is 0 Å². The average molecular weight is 387 g/mol. The van der Waals surface area contributed by atoms with Crippen molar-refractivity contribution in [2.45, 2.75) is 37.6 Å². The van der Waals surface area contributed by atoms with Gasteiger partial charge < -0.3 is 10.3 Å². The molecule has 7 heteroatoms. The first-order valence-electron chi connectivity index (χ1n) is 9.91. The largest absolute Gasteiger partial charge is 0.348 e. The van der Waals surface area contributed by atoms with Crippen LogP contribution >= 0.6 is 0 Å². The van der Waals surface area contributed by atoms with Crippen molar-refractivity contribution in [1.82, 2.24) is 25.5 Å². The maximum Gasteiger partial charge on any atom is 0.272 e. The van der Waals surface area contributed by atoms with Gasteiger partial charge in [-0.3, -0.25) is 9.59 Å². The second-order valence-electron chi connectivity index (χ2n) is 7.63. The fraction of sp³-hybridized carbons (Fsp3) is 0.273. The lowest BCUT2D eigenvalue weighted by Gasteiger charge is -2.29. The summed E-state index contributed by atoms with van der Waals surface area (Å²) < 4.78 is 0. The summed E-state index contributed by atoms with van der Waals surface area (Å²) in [4.78, 5) is 32.0. The maximum atomic E-state index is 12.6. The number of nitrogens with one attached hydrogen (secondary N) is 3. The number of fused-ring (bicyclic) bond motifs is 2. The Morgan fingerprint density at radius 1 is 1.03 bits per heavy atom. The highest BCUT2D eigenvalue weighted by Crippen LogP contribution is 2.34. The Balaban J connectivity index is 1.28. The molecule has 0 radical (unpaired) electrons. The molecule has 0 saturated heterocycles. The number of hydrogen-bond acceptors (Lipinski definition) is 4. The lowest BCUT2D eigenvalue weighted by atomic mass is 9.82. The Kier molecular flexibility index (Phi) is 4.35. The predicted octanol–water partition coefficient (Wildman–Crippen LogP) is 3.26. The highest BCUT2D eigenvalue weighted by atomic mass is 16.2. The molecule has 1 fully saturated rings. The molecule has 3 aromatic heterocycles. The average Bonchev–Trinajstić information content (AvgIpc) is 3.20. The van der Waals surface area contributed by atoms with Crippen molar-refractivity contribution in [3.05, 3.63) is 70.4 Å². The summed E-state index contributed by atoms with van der Waals surface area (Å²) in [5.74, 6) is 0.182. The van der Waals surface area contributed by atoms with Gasteiger partial charge in [-0.05, 0) is 49.9 Å². The number of pyridine rings is 1. The van der Waals surface area contributed by atoms with Crippen LogP contribution in [0.25, 0.3) is 21.8 Å². The molecule has 0 aliphatic heterocycles. The van der Waals surface area contributed by atoms with Gasteiger partial charge in [-0.15, -0.1) is 0 Å². The van der Waals surface area contributed by atoms with Gasteiger partial charge >= 0.3 is 0 Å². The van der Waals surface area contributed by atoms with E-state index in [1.54, 1.807) is 6.20 Å². The Morgan fingerprint density at radius 3 is 2.62 bits per heavy atom. The summed E-state index contributed by atoms with van der Waals surface area (Å²) in [6.45, 7) is 0. The summed E-state index contributed by atoms with van der Waals surface area (Å²) >= 11 is 0. The van der Waals surface area contributed by atoms with Crippen LogP contribution in [0.4, 0.5) is 0 Å². The predicted molar refractivity (Wildman–Crippen MR) is 111 cm³/mol. The summed E-state index contributed by atoms with van der Waals surface area (Å²) in [7, 11) is 0. The molecule has 146 valence electrons. The number of carbonyl (C=O) groups is 1. The number of nitrogens with zero attached hydrogens (tertiary/aromatic N) is 2. The lowest BCUT2D eigenvalue weighted by molar-refractivity contribution is 0.0921. The van der Waals surface area contributed by atoms with Crippen LogP contribution in [0.3, 0.4) is 0 Å². The minimum Gasteiger partial charge on any atom is -0.348 e. The van der Waals surface area contributed by atoms with Crippen molar-refractivity contribution in [2.24, 2.45) is 0 Å². The highest BCUT2D eigenvalue weighted by molar-refractivity contribution is 5.97. The lowest BCUT2D eigenvalue weighted by Crippen LogP contribution is -2.37. The van der Waals surface area contributed by atoms with Crippen LogP contribution in [0, 0.1) is 0 Å². The second-order valence-corrected chi connectivity index (χ2v) is 7.63. The van der Waals surface area contributed by atoms with E-state index < -0.39 is 0 Å². The maximum absolute atomic E-state index is 12.6. The molecule has 0 spiro atoms. The number of carbonyl (C=O) groups excluding carboxylic acids is 1. The number of aromatic nitrogens is 4. The van der Waals surface area contributed by atoms with E-state index in [1.807, 2.05) is 42.5 Å². The third-order valence-electron chi connectivity index (χ3n) is 5.81. The Hall–Kier alpha value is -3.48. The molecule has 29 heavy (non-hydrogen) atoms. The van der Waals surface area contributed by atoms with Crippen molar-refractivity contribution in [2.75, 3.05) is 0 Å².